The van der Waals surface area contributed by atoms with E-state index in [9.17, 15) is 9.90 Å². The van der Waals surface area contributed by atoms with Gasteiger partial charge in [-0.2, -0.15) is 0 Å². The maximum absolute atomic E-state index is 12.4. The minimum absolute atomic E-state index is 0.267. The molecule has 1 aromatic heterocycles. The predicted octanol–water partition coefficient (Wildman–Crippen LogP) is 2.78. The minimum atomic E-state index is -0.728. The van der Waals surface area contributed by atoms with Crippen LogP contribution in [-0.2, 0) is 0 Å². The first kappa shape index (κ1) is 14.8. The number of nitrogens with zero attached hydrogens (tertiary/aromatic N) is 1. The number of halogens is 1. The molecule has 20 heavy (non-hydrogen) atoms. The van der Waals surface area contributed by atoms with Crippen molar-refractivity contribution in [2.75, 3.05) is 0 Å². The standard InChI is InChI=1S/C15H17ClN2O2/c1-9(19)15(2,3)18-14(20)11-8-13(16)17-12-7-5-4-6-10(11)12/h4-9,19H,1-3H3,(H,18,20). The number of nitrogens with one attached hydrogen (secondary N) is 1. The topological polar surface area (TPSA) is 62.2 Å². The van der Waals surface area contributed by atoms with Gasteiger partial charge in [-0.05, 0) is 32.9 Å². The maximum Gasteiger partial charge on any atom is 0.252 e. The number of hydrogen-bond acceptors (Lipinski definition) is 3. The first-order valence-corrected chi connectivity index (χ1v) is 6.75. The molecule has 0 aliphatic heterocycles. The van der Waals surface area contributed by atoms with E-state index in [2.05, 4.69) is 10.3 Å². The van der Waals surface area contributed by atoms with Crippen LogP contribution in [0.4, 0.5) is 0 Å². The average molecular weight is 293 g/mol. The number of hydrogen-bond donors (Lipinski definition) is 2. The van der Waals surface area contributed by atoms with Crippen molar-refractivity contribution in [1.29, 1.82) is 0 Å². The van der Waals surface area contributed by atoms with Crippen LogP contribution in [0.25, 0.3) is 10.9 Å². The molecule has 0 bridgehead atoms. The molecule has 106 valence electrons. The maximum atomic E-state index is 12.4. The number of aliphatic hydroxyl groups excluding tert-OH is 1. The number of aliphatic hydroxyl groups is 1. The van der Waals surface area contributed by atoms with Crippen LogP contribution in [0.15, 0.2) is 30.3 Å². The van der Waals surface area contributed by atoms with Crippen molar-refractivity contribution in [3.05, 3.63) is 41.0 Å². The molecular formula is C15H17ClN2O2. The van der Waals surface area contributed by atoms with Gasteiger partial charge in [0.05, 0.1) is 22.7 Å². The fourth-order valence-electron chi connectivity index (χ4n) is 1.80. The van der Waals surface area contributed by atoms with Crippen LogP contribution in [-0.4, -0.2) is 27.6 Å². The molecule has 0 spiro atoms. The Balaban J connectivity index is 2.45. The summed E-state index contributed by atoms with van der Waals surface area (Å²) in [6.07, 6.45) is -0.671. The molecule has 0 fully saturated rings. The van der Waals surface area contributed by atoms with Crippen molar-refractivity contribution in [2.45, 2.75) is 32.4 Å². The Labute approximate surface area is 122 Å². The van der Waals surface area contributed by atoms with E-state index >= 15 is 0 Å². The Bertz CT molecular complexity index is 653. The van der Waals surface area contributed by atoms with Crippen LogP contribution < -0.4 is 5.32 Å². The molecule has 1 aromatic carbocycles. The molecule has 0 aliphatic rings. The van der Waals surface area contributed by atoms with Gasteiger partial charge in [0.25, 0.3) is 5.91 Å². The lowest BCUT2D eigenvalue weighted by atomic mass is 9.97. The smallest absolute Gasteiger partial charge is 0.252 e. The molecule has 4 nitrogen and oxygen atoms in total. The fraction of sp³-hybridized carbons (Fsp3) is 0.333. The molecule has 2 rings (SSSR count). The summed E-state index contributed by atoms with van der Waals surface area (Å²) < 4.78 is 0. The quantitative estimate of drug-likeness (QED) is 0.855. The number of carbonyl (C=O) groups excluding carboxylic acids is 1. The van der Waals surface area contributed by atoms with Crippen molar-refractivity contribution >= 4 is 28.4 Å². The molecule has 1 amide bonds. The van der Waals surface area contributed by atoms with Gasteiger partial charge in [-0.3, -0.25) is 4.79 Å². The van der Waals surface area contributed by atoms with Crippen molar-refractivity contribution in [3.63, 3.8) is 0 Å². The van der Waals surface area contributed by atoms with E-state index in [-0.39, 0.29) is 11.1 Å². The van der Waals surface area contributed by atoms with Gasteiger partial charge >= 0.3 is 0 Å². The highest BCUT2D eigenvalue weighted by Crippen LogP contribution is 2.21. The van der Waals surface area contributed by atoms with E-state index in [1.165, 1.54) is 6.07 Å². The first-order valence-electron chi connectivity index (χ1n) is 6.37. The molecule has 0 saturated carbocycles. The second kappa shape index (κ2) is 5.38. The summed E-state index contributed by atoms with van der Waals surface area (Å²) in [5.74, 6) is -0.281. The van der Waals surface area contributed by atoms with Gasteiger partial charge in [0, 0.05) is 5.39 Å². The third kappa shape index (κ3) is 2.92. The molecule has 2 N–H and O–H groups in total. The second-order valence-electron chi connectivity index (χ2n) is 5.36. The van der Waals surface area contributed by atoms with Gasteiger partial charge in [-0.25, -0.2) is 4.98 Å². The van der Waals surface area contributed by atoms with Crippen molar-refractivity contribution in [3.8, 4) is 0 Å². The van der Waals surface area contributed by atoms with E-state index in [1.54, 1.807) is 26.8 Å². The lowest BCUT2D eigenvalue weighted by Gasteiger charge is -2.29. The zero-order chi connectivity index (χ0) is 14.9. The third-order valence-corrected chi connectivity index (χ3v) is 3.60. The van der Waals surface area contributed by atoms with Crippen LogP contribution in [0.1, 0.15) is 31.1 Å². The summed E-state index contributed by atoms with van der Waals surface area (Å²) in [5.41, 5.74) is 0.392. The zero-order valence-corrected chi connectivity index (χ0v) is 12.4. The Morgan fingerprint density at radius 2 is 2.05 bits per heavy atom. The lowest BCUT2D eigenvalue weighted by Crippen LogP contribution is -2.51. The highest BCUT2D eigenvalue weighted by atomic mass is 35.5. The number of aromatic nitrogens is 1. The van der Waals surface area contributed by atoms with E-state index in [1.807, 2.05) is 18.2 Å². The Hall–Kier alpha value is -1.65. The molecule has 0 aliphatic carbocycles. The van der Waals surface area contributed by atoms with Crippen LogP contribution in [0.5, 0.6) is 0 Å². The number of benzene rings is 1. The van der Waals surface area contributed by atoms with Crippen LogP contribution in [0.3, 0.4) is 0 Å². The number of rotatable bonds is 3. The molecule has 0 saturated heterocycles. The van der Waals surface area contributed by atoms with Gasteiger partial charge in [0.15, 0.2) is 0 Å². The lowest BCUT2D eigenvalue weighted by molar-refractivity contribution is 0.0710. The highest BCUT2D eigenvalue weighted by molar-refractivity contribution is 6.30. The van der Waals surface area contributed by atoms with Gasteiger partial charge in [0.2, 0.25) is 0 Å². The van der Waals surface area contributed by atoms with Crippen molar-refractivity contribution in [2.24, 2.45) is 0 Å². The van der Waals surface area contributed by atoms with Crippen LogP contribution >= 0.6 is 11.6 Å². The largest absolute Gasteiger partial charge is 0.391 e. The fourth-order valence-corrected chi connectivity index (χ4v) is 2.00. The molecule has 5 heteroatoms. The SMILES string of the molecule is CC(O)C(C)(C)NC(=O)c1cc(Cl)nc2ccccc12. The highest BCUT2D eigenvalue weighted by Gasteiger charge is 2.27. The molecule has 0 radical (unpaired) electrons. The summed E-state index contributed by atoms with van der Waals surface area (Å²) >= 11 is 5.96. The summed E-state index contributed by atoms with van der Waals surface area (Å²) in [4.78, 5) is 16.6. The zero-order valence-electron chi connectivity index (χ0n) is 11.6. The summed E-state index contributed by atoms with van der Waals surface area (Å²) in [6.45, 7) is 5.17. The van der Waals surface area contributed by atoms with Crippen LogP contribution in [0, 0.1) is 0 Å². The van der Waals surface area contributed by atoms with E-state index in [0.29, 0.717) is 11.1 Å². The van der Waals surface area contributed by atoms with E-state index in [0.717, 1.165) is 5.39 Å². The van der Waals surface area contributed by atoms with Gasteiger partial charge in [-0.15, -0.1) is 0 Å². The predicted molar refractivity (Wildman–Crippen MR) is 80.0 cm³/mol. The molecule has 1 unspecified atom stereocenters. The summed E-state index contributed by atoms with van der Waals surface area (Å²) in [6, 6.07) is 8.85. The number of amides is 1. The van der Waals surface area contributed by atoms with E-state index in [4.69, 9.17) is 11.6 Å². The second-order valence-corrected chi connectivity index (χ2v) is 5.75. The molecular weight excluding hydrogens is 276 g/mol. The normalized spacial score (nSPS) is 13.2. The Morgan fingerprint density at radius 3 is 2.70 bits per heavy atom. The van der Waals surface area contributed by atoms with Gasteiger partial charge < -0.3 is 10.4 Å². The number of fused-ring (bicyclic) bond motifs is 1. The van der Waals surface area contributed by atoms with Crippen molar-refractivity contribution in [1.82, 2.24) is 10.3 Å². The average Bonchev–Trinajstić information content (AvgIpc) is 2.36. The number of para-hydroxylation sites is 1. The summed E-state index contributed by atoms with van der Waals surface area (Å²) in [5, 5.41) is 13.5. The Morgan fingerprint density at radius 1 is 1.40 bits per heavy atom. The number of pyridine rings is 1. The Kier molecular flexibility index (Phi) is 3.97. The number of carbonyl (C=O) groups is 1. The van der Waals surface area contributed by atoms with Crippen LogP contribution in [0.2, 0.25) is 5.15 Å². The van der Waals surface area contributed by atoms with Gasteiger partial charge in [0.1, 0.15) is 5.15 Å². The first-order chi connectivity index (χ1) is 9.31. The van der Waals surface area contributed by atoms with Gasteiger partial charge in [-0.1, -0.05) is 29.8 Å². The molecule has 2 aromatic rings. The van der Waals surface area contributed by atoms with E-state index < -0.39 is 11.6 Å². The molecule has 1 atom stereocenters. The molecule has 1 heterocycles. The summed E-state index contributed by atoms with van der Waals surface area (Å²) in [7, 11) is 0. The van der Waals surface area contributed by atoms with Crippen molar-refractivity contribution < 1.29 is 9.90 Å². The third-order valence-electron chi connectivity index (χ3n) is 3.41. The minimum Gasteiger partial charge on any atom is -0.391 e. The monoisotopic (exact) mass is 292 g/mol.